The Bertz CT molecular complexity index is 367. The molecule has 0 aliphatic carbocycles. The summed E-state index contributed by atoms with van der Waals surface area (Å²) >= 11 is 0. The summed E-state index contributed by atoms with van der Waals surface area (Å²) in [6.45, 7) is 0.846. The zero-order valence-corrected chi connectivity index (χ0v) is 11.0. The molecule has 1 atom stereocenters. The summed E-state index contributed by atoms with van der Waals surface area (Å²) in [5.74, 6) is 0.840. The molecule has 0 aromatic rings. The standard InChI is InChI=1S/C10H21N3O3S/c1-13(6-3-2-4-10(11)12-14)9-5-7-17(15,16)8-9/h9,14H,2-8H2,1H3,(H2,11,12). The molecule has 17 heavy (non-hydrogen) atoms. The molecule has 1 saturated heterocycles. The van der Waals surface area contributed by atoms with E-state index in [2.05, 4.69) is 10.1 Å². The first-order chi connectivity index (χ1) is 7.94. The highest BCUT2D eigenvalue weighted by Gasteiger charge is 2.30. The first kappa shape index (κ1) is 14.2. The van der Waals surface area contributed by atoms with Gasteiger partial charge in [0.2, 0.25) is 0 Å². The normalized spacial score (nSPS) is 24.4. The largest absolute Gasteiger partial charge is 0.409 e. The Kier molecular flexibility index (Phi) is 5.20. The maximum atomic E-state index is 11.3. The Balaban J connectivity index is 2.20. The second-order valence-electron chi connectivity index (χ2n) is 4.59. The summed E-state index contributed by atoms with van der Waals surface area (Å²) in [5, 5.41) is 11.3. The fraction of sp³-hybridized carbons (Fsp3) is 0.900. The molecule has 0 saturated carbocycles. The summed E-state index contributed by atoms with van der Waals surface area (Å²) in [6, 6.07) is 0.156. The Morgan fingerprint density at radius 3 is 2.76 bits per heavy atom. The summed E-state index contributed by atoms with van der Waals surface area (Å²) in [4.78, 5) is 2.09. The molecule has 1 aliphatic rings. The molecule has 7 heteroatoms. The number of nitrogens with two attached hydrogens (primary N) is 1. The lowest BCUT2D eigenvalue weighted by atomic mass is 10.2. The molecule has 1 aliphatic heterocycles. The minimum absolute atomic E-state index is 0.156. The van der Waals surface area contributed by atoms with E-state index in [1.54, 1.807) is 0 Å². The van der Waals surface area contributed by atoms with E-state index >= 15 is 0 Å². The summed E-state index contributed by atoms with van der Waals surface area (Å²) in [7, 11) is -0.849. The van der Waals surface area contributed by atoms with Gasteiger partial charge in [-0.2, -0.15) is 0 Å². The van der Waals surface area contributed by atoms with Crippen molar-refractivity contribution in [3.8, 4) is 0 Å². The molecule has 0 aromatic heterocycles. The quantitative estimate of drug-likeness (QED) is 0.231. The first-order valence-electron chi connectivity index (χ1n) is 5.81. The van der Waals surface area contributed by atoms with Gasteiger partial charge in [-0.1, -0.05) is 5.16 Å². The van der Waals surface area contributed by atoms with E-state index in [-0.39, 0.29) is 17.6 Å². The van der Waals surface area contributed by atoms with Crippen molar-refractivity contribution in [3.63, 3.8) is 0 Å². The number of hydrogen-bond donors (Lipinski definition) is 2. The Morgan fingerprint density at radius 1 is 1.53 bits per heavy atom. The molecule has 6 nitrogen and oxygen atoms in total. The minimum atomic E-state index is -2.80. The van der Waals surface area contributed by atoms with Crippen LogP contribution >= 0.6 is 0 Å². The van der Waals surface area contributed by atoms with Gasteiger partial charge in [0.1, 0.15) is 5.84 Å². The number of rotatable bonds is 6. The van der Waals surface area contributed by atoms with Gasteiger partial charge in [-0.25, -0.2) is 8.42 Å². The molecule has 1 fully saturated rings. The van der Waals surface area contributed by atoms with Crippen LogP contribution in [-0.2, 0) is 9.84 Å². The van der Waals surface area contributed by atoms with Gasteiger partial charge >= 0.3 is 0 Å². The van der Waals surface area contributed by atoms with Crippen LogP contribution in [0.3, 0.4) is 0 Å². The van der Waals surface area contributed by atoms with Crippen molar-refractivity contribution in [2.24, 2.45) is 10.9 Å². The highest BCUT2D eigenvalue weighted by atomic mass is 32.2. The van der Waals surface area contributed by atoms with Crippen molar-refractivity contribution < 1.29 is 13.6 Å². The lowest BCUT2D eigenvalue weighted by Gasteiger charge is -2.22. The Labute approximate surface area is 102 Å². The van der Waals surface area contributed by atoms with E-state index in [1.165, 1.54) is 0 Å². The molecule has 100 valence electrons. The second-order valence-corrected chi connectivity index (χ2v) is 6.81. The van der Waals surface area contributed by atoms with Crippen LogP contribution in [0.15, 0.2) is 5.16 Å². The van der Waals surface area contributed by atoms with E-state index in [9.17, 15) is 8.42 Å². The molecule has 0 aromatic carbocycles. The van der Waals surface area contributed by atoms with E-state index in [0.29, 0.717) is 12.2 Å². The number of sulfone groups is 1. The van der Waals surface area contributed by atoms with Gasteiger partial charge in [0.15, 0.2) is 9.84 Å². The fourth-order valence-corrected chi connectivity index (χ4v) is 3.83. The monoisotopic (exact) mass is 263 g/mol. The average Bonchev–Trinajstić information content (AvgIpc) is 2.64. The third kappa shape index (κ3) is 4.91. The predicted molar refractivity (Wildman–Crippen MR) is 66.9 cm³/mol. The van der Waals surface area contributed by atoms with Crippen LogP contribution in [0.2, 0.25) is 0 Å². The van der Waals surface area contributed by atoms with Crippen molar-refractivity contribution in [1.82, 2.24) is 4.90 Å². The molecular weight excluding hydrogens is 242 g/mol. The molecule has 0 bridgehead atoms. The molecule has 3 N–H and O–H groups in total. The third-order valence-corrected chi connectivity index (χ3v) is 4.90. The fourth-order valence-electron chi connectivity index (χ4n) is 2.02. The van der Waals surface area contributed by atoms with E-state index in [1.807, 2.05) is 7.05 Å². The summed E-state index contributed by atoms with van der Waals surface area (Å²) < 4.78 is 22.6. The number of oxime groups is 1. The van der Waals surface area contributed by atoms with Crippen molar-refractivity contribution in [3.05, 3.63) is 0 Å². The lowest BCUT2D eigenvalue weighted by Crippen LogP contribution is -2.33. The Morgan fingerprint density at radius 2 is 2.24 bits per heavy atom. The lowest BCUT2D eigenvalue weighted by molar-refractivity contribution is 0.257. The first-order valence-corrected chi connectivity index (χ1v) is 7.64. The van der Waals surface area contributed by atoms with Gasteiger partial charge in [-0.05, 0) is 32.9 Å². The molecule has 0 spiro atoms. The van der Waals surface area contributed by atoms with Gasteiger partial charge in [0.05, 0.1) is 11.5 Å². The van der Waals surface area contributed by atoms with Crippen molar-refractivity contribution >= 4 is 15.7 Å². The third-order valence-electron chi connectivity index (χ3n) is 3.15. The van der Waals surface area contributed by atoms with Crippen molar-refractivity contribution in [2.45, 2.75) is 31.7 Å². The smallest absolute Gasteiger partial charge is 0.151 e. The molecule has 0 amide bonds. The van der Waals surface area contributed by atoms with Gasteiger partial charge < -0.3 is 15.8 Å². The molecule has 1 rings (SSSR count). The summed E-state index contributed by atoms with van der Waals surface area (Å²) in [6.07, 6.45) is 3.08. The van der Waals surface area contributed by atoms with Gasteiger partial charge in [-0.15, -0.1) is 0 Å². The van der Waals surface area contributed by atoms with E-state index in [4.69, 9.17) is 10.9 Å². The van der Waals surface area contributed by atoms with Crippen LogP contribution in [0.25, 0.3) is 0 Å². The highest BCUT2D eigenvalue weighted by molar-refractivity contribution is 7.91. The van der Waals surface area contributed by atoms with Crippen molar-refractivity contribution in [2.75, 3.05) is 25.1 Å². The highest BCUT2D eigenvalue weighted by Crippen LogP contribution is 2.16. The average molecular weight is 263 g/mol. The number of unbranched alkanes of at least 4 members (excludes halogenated alkanes) is 1. The predicted octanol–water partition coefficient (Wildman–Crippen LogP) is 0.0220. The maximum absolute atomic E-state index is 11.3. The van der Waals surface area contributed by atoms with Crippen LogP contribution in [0.5, 0.6) is 0 Å². The van der Waals surface area contributed by atoms with Crippen LogP contribution in [0.1, 0.15) is 25.7 Å². The number of nitrogens with zero attached hydrogens (tertiary/aromatic N) is 2. The SMILES string of the molecule is CN(CCCCC(N)=NO)C1CCS(=O)(=O)C1. The van der Waals surface area contributed by atoms with Gasteiger partial charge in [0, 0.05) is 12.5 Å². The van der Waals surface area contributed by atoms with Crippen LogP contribution in [-0.4, -0.2) is 55.5 Å². The zero-order chi connectivity index (χ0) is 12.9. The van der Waals surface area contributed by atoms with E-state index < -0.39 is 9.84 Å². The van der Waals surface area contributed by atoms with Gasteiger partial charge in [-0.3, -0.25) is 0 Å². The van der Waals surface area contributed by atoms with Crippen LogP contribution in [0, 0.1) is 0 Å². The molecule has 1 heterocycles. The zero-order valence-electron chi connectivity index (χ0n) is 10.2. The maximum Gasteiger partial charge on any atom is 0.151 e. The van der Waals surface area contributed by atoms with Gasteiger partial charge in [0.25, 0.3) is 0 Å². The number of amidine groups is 1. The summed E-state index contributed by atoms with van der Waals surface area (Å²) in [5.41, 5.74) is 5.35. The van der Waals surface area contributed by atoms with Crippen LogP contribution in [0.4, 0.5) is 0 Å². The van der Waals surface area contributed by atoms with Crippen LogP contribution < -0.4 is 5.73 Å². The molecule has 0 radical (unpaired) electrons. The van der Waals surface area contributed by atoms with Crippen molar-refractivity contribution in [1.29, 1.82) is 0 Å². The number of hydrogen-bond acceptors (Lipinski definition) is 5. The second kappa shape index (κ2) is 6.20. The van der Waals surface area contributed by atoms with E-state index in [0.717, 1.165) is 25.8 Å². The molecule has 1 unspecified atom stereocenters. The topological polar surface area (TPSA) is 96.0 Å². The Hall–Kier alpha value is -0.820. The minimum Gasteiger partial charge on any atom is -0.409 e. The molecular formula is C10H21N3O3S.